The molecule has 1 aliphatic heterocycles. The lowest BCUT2D eigenvalue weighted by Crippen LogP contribution is -2.37. The molecule has 30 heavy (non-hydrogen) atoms. The maximum absolute atomic E-state index is 15.2. The Morgan fingerprint density at radius 1 is 1.17 bits per heavy atom. The fraction of sp³-hybridized carbons (Fsp3) is 0.273. The zero-order chi connectivity index (χ0) is 21.3. The third-order valence-electron chi connectivity index (χ3n) is 5.27. The Morgan fingerprint density at radius 3 is 2.60 bits per heavy atom. The minimum Gasteiger partial charge on any atom is -0.338 e. The van der Waals surface area contributed by atoms with Gasteiger partial charge in [0.2, 0.25) is 5.91 Å². The highest BCUT2D eigenvalue weighted by atomic mass is 32.1. The molecule has 1 atom stereocenters. The Balaban J connectivity index is 1.53. The van der Waals surface area contributed by atoms with E-state index in [9.17, 15) is 18.0 Å². The topological polar surface area (TPSA) is 33.2 Å². The van der Waals surface area contributed by atoms with Crippen LogP contribution in [0.2, 0.25) is 0 Å². The predicted octanol–water partition coefficient (Wildman–Crippen LogP) is 5.35. The van der Waals surface area contributed by atoms with E-state index in [0.29, 0.717) is 25.1 Å². The van der Waals surface area contributed by atoms with E-state index in [1.54, 1.807) is 22.5 Å². The van der Waals surface area contributed by atoms with Crippen LogP contribution in [0, 0.1) is 0 Å². The van der Waals surface area contributed by atoms with Crippen molar-refractivity contribution >= 4 is 17.2 Å². The highest BCUT2D eigenvalue weighted by Gasteiger charge is 2.31. The van der Waals surface area contributed by atoms with Gasteiger partial charge in [-0.3, -0.25) is 4.79 Å². The average Bonchev–Trinajstić information content (AvgIpc) is 3.25. The third kappa shape index (κ3) is 4.23. The van der Waals surface area contributed by atoms with Crippen LogP contribution in [-0.2, 0) is 30.4 Å². The van der Waals surface area contributed by atoms with Crippen molar-refractivity contribution in [1.29, 1.82) is 0 Å². The zero-order valence-corrected chi connectivity index (χ0v) is 16.6. The second-order valence-electron chi connectivity index (χ2n) is 7.19. The Kier molecular flexibility index (Phi) is 5.60. The summed E-state index contributed by atoms with van der Waals surface area (Å²) in [4.78, 5) is 18.4. The number of hydrogen-bond donors (Lipinski definition) is 0. The quantitative estimate of drug-likeness (QED) is 0.519. The van der Waals surface area contributed by atoms with E-state index < -0.39 is 17.9 Å². The van der Waals surface area contributed by atoms with Crippen LogP contribution in [0.4, 0.5) is 17.6 Å². The summed E-state index contributed by atoms with van der Waals surface area (Å²) >= 11 is 1.44. The Bertz CT molecular complexity index is 1030. The Morgan fingerprint density at radius 2 is 1.93 bits per heavy atom. The number of fused-ring (bicyclic) bond motifs is 1. The summed E-state index contributed by atoms with van der Waals surface area (Å²) in [6, 6.07) is 9.40. The molecule has 0 radical (unpaired) electrons. The zero-order valence-electron chi connectivity index (χ0n) is 15.8. The average molecular weight is 434 g/mol. The van der Waals surface area contributed by atoms with E-state index in [1.165, 1.54) is 23.5 Å². The molecule has 1 amide bonds. The van der Waals surface area contributed by atoms with Crippen molar-refractivity contribution in [2.45, 2.75) is 31.7 Å². The summed E-state index contributed by atoms with van der Waals surface area (Å²) in [6.07, 6.45) is -5.25. The molecule has 8 heteroatoms. The van der Waals surface area contributed by atoms with Gasteiger partial charge in [-0.25, -0.2) is 9.37 Å². The van der Waals surface area contributed by atoms with Gasteiger partial charge in [-0.1, -0.05) is 30.3 Å². The standard InChI is InChI=1S/C22H18F4N2OS/c23-21(14-4-6-16(7-5-14)22(24,25)26)19-3-1-2-15-11-28(9-8-18(15)19)20(29)10-17-12-30-13-27-17/h1-7,12-13,21H,8-11H2. The van der Waals surface area contributed by atoms with Crippen LogP contribution in [0.1, 0.15) is 39.7 Å². The molecule has 2 aromatic carbocycles. The molecule has 0 bridgehead atoms. The van der Waals surface area contributed by atoms with Crippen LogP contribution in [0.5, 0.6) is 0 Å². The first-order chi connectivity index (χ1) is 14.3. The lowest BCUT2D eigenvalue weighted by atomic mass is 9.89. The van der Waals surface area contributed by atoms with Crippen LogP contribution >= 0.6 is 11.3 Å². The summed E-state index contributed by atoms with van der Waals surface area (Å²) < 4.78 is 53.5. The van der Waals surface area contributed by atoms with Crippen molar-refractivity contribution in [3.8, 4) is 0 Å². The molecule has 4 rings (SSSR count). The molecule has 3 aromatic rings. The van der Waals surface area contributed by atoms with Gasteiger partial charge in [0.15, 0.2) is 6.17 Å². The van der Waals surface area contributed by atoms with Crippen LogP contribution in [0.25, 0.3) is 0 Å². The van der Waals surface area contributed by atoms with E-state index in [-0.39, 0.29) is 17.9 Å². The maximum atomic E-state index is 15.2. The van der Waals surface area contributed by atoms with Gasteiger partial charge >= 0.3 is 6.18 Å². The third-order valence-corrected chi connectivity index (χ3v) is 5.91. The first-order valence-electron chi connectivity index (χ1n) is 9.39. The van der Waals surface area contributed by atoms with Crippen molar-refractivity contribution in [2.75, 3.05) is 6.54 Å². The molecule has 0 aliphatic carbocycles. The summed E-state index contributed by atoms with van der Waals surface area (Å²) in [5, 5.41) is 1.84. The lowest BCUT2D eigenvalue weighted by molar-refractivity contribution is -0.137. The fourth-order valence-electron chi connectivity index (χ4n) is 3.70. The van der Waals surface area contributed by atoms with Crippen LogP contribution in [0.15, 0.2) is 53.4 Å². The SMILES string of the molecule is O=C(Cc1cscn1)N1CCc2c(cccc2C(F)c2ccc(C(F)(F)F)cc2)C1. The number of halogens is 4. The molecule has 1 aromatic heterocycles. The fourth-order valence-corrected chi connectivity index (χ4v) is 4.26. The lowest BCUT2D eigenvalue weighted by Gasteiger charge is -2.31. The second kappa shape index (κ2) is 8.18. The van der Waals surface area contributed by atoms with E-state index in [2.05, 4.69) is 4.98 Å². The number of nitrogens with zero attached hydrogens (tertiary/aromatic N) is 2. The number of amides is 1. The largest absolute Gasteiger partial charge is 0.416 e. The molecule has 3 nitrogen and oxygen atoms in total. The minimum atomic E-state index is -4.45. The van der Waals surface area contributed by atoms with Crippen molar-refractivity contribution in [1.82, 2.24) is 9.88 Å². The van der Waals surface area contributed by atoms with E-state index in [0.717, 1.165) is 29.0 Å². The second-order valence-corrected chi connectivity index (χ2v) is 7.91. The van der Waals surface area contributed by atoms with Crippen molar-refractivity contribution in [3.05, 3.63) is 86.9 Å². The number of rotatable bonds is 4. The number of benzene rings is 2. The van der Waals surface area contributed by atoms with E-state index >= 15 is 4.39 Å². The summed E-state index contributed by atoms with van der Waals surface area (Å²) in [7, 11) is 0. The maximum Gasteiger partial charge on any atom is 0.416 e. The Labute approximate surface area is 175 Å². The number of hydrogen-bond acceptors (Lipinski definition) is 3. The molecule has 1 aliphatic rings. The molecule has 0 spiro atoms. The van der Waals surface area contributed by atoms with Crippen molar-refractivity contribution in [3.63, 3.8) is 0 Å². The van der Waals surface area contributed by atoms with Crippen molar-refractivity contribution < 1.29 is 22.4 Å². The monoisotopic (exact) mass is 434 g/mol. The molecule has 0 N–H and O–H groups in total. The van der Waals surface area contributed by atoms with Gasteiger partial charge in [0.25, 0.3) is 0 Å². The number of thiazole rings is 1. The number of aromatic nitrogens is 1. The molecule has 0 saturated heterocycles. The number of alkyl halides is 4. The van der Waals surface area contributed by atoms with Gasteiger partial charge in [0.1, 0.15) is 0 Å². The summed E-state index contributed by atoms with van der Waals surface area (Å²) in [6.45, 7) is 0.846. The van der Waals surface area contributed by atoms with Gasteiger partial charge < -0.3 is 4.90 Å². The predicted molar refractivity (Wildman–Crippen MR) is 106 cm³/mol. The van der Waals surface area contributed by atoms with Gasteiger partial charge in [0.05, 0.1) is 23.2 Å². The molecule has 0 saturated carbocycles. The highest BCUT2D eigenvalue weighted by molar-refractivity contribution is 7.07. The van der Waals surface area contributed by atoms with Gasteiger partial charge in [0, 0.05) is 18.5 Å². The highest BCUT2D eigenvalue weighted by Crippen LogP contribution is 2.35. The van der Waals surface area contributed by atoms with Crippen molar-refractivity contribution in [2.24, 2.45) is 0 Å². The van der Waals surface area contributed by atoms with Crippen LogP contribution in [-0.4, -0.2) is 22.3 Å². The van der Waals surface area contributed by atoms with Crippen LogP contribution < -0.4 is 0 Å². The molecule has 0 fully saturated rings. The molecular weight excluding hydrogens is 416 g/mol. The molecule has 1 unspecified atom stereocenters. The summed E-state index contributed by atoms with van der Waals surface area (Å²) in [5.74, 6) is -0.0310. The van der Waals surface area contributed by atoms with Crippen LogP contribution in [0.3, 0.4) is 0 Å². The van der Waals surface area contributed by atoms with Gasteiger partial charge in [-0.15, -0.1) is 11.3 Å². The molecule has 156 valence electrons. The number of carbonyl (C=O) groups excluding carboxylic acids is 1. The Hall–Kier alpha value is -2.74. The molecule has 2 heterocycles. The first-order valence-corrected chi connectivity index (χ1v) is 10.3. The van der Waals surface area contributed by atoms with Gasteiger partial charge in [-0.05, 0) is 40.8 Å². The molecular formula is C22H18F4N2OS. The minimum absolute atomic E-state index is 0.0310. The van der Waals surface area contributed by atoms with E-state index in [1.807, 2.05) is 11.4 Å². The normalized spacial score (nSPS) is 15.0. The van der Waals surface area contributed by atoms with Gasteiger partial charge in [-0.2, -0.15) is 13.2 Å². The smallest absolute Gasteiger partial charge is 0.338 e. The first kappa shape index (κ1) is 20.5. The van der Waals surface area contributed by atoms with E-state index in [4.69, 9.17) is 0 Å². The summed E-state index contributed by atoms with van der Waals surface area (Å²) in [5.41, 5.74) is 3.92. The number of carbonyl (C=O) groups is 1.